The maximum absolute atomic E-state index is 11.1. The van der Waals surface area contributed by atoms with Crippen molar-refractivity contribution in [3.63, 3.8) is 0 Å². The number of nitrogens with zero attached hydrogens (tertiary/aromatic N) is 3. The molecule has 0 aliphatic carbocycles. The molecular formula is C13H12N4O3. The maximum atomic E-state index is 11.1. The van der Waals surface area contributed by atoms with Crippen LogP contribution >= 0.6 is 0 Å². The van der Waals surface area contributed by atoms with Gasteiger partial charge in [-0.3, -0.25) is 14.8 Å². The Morgan fingerprint density at radius 1 is 1.40 bits per heavy atom. The van der Waals surface area contributed by atoms with E-state index in [2.05, 4.69) is 10.4 Å². The zero-order valence-electron chi connectivity index (χ0n) is 10.6. The van der Waals surface area contributed by atoms with Crippen molar-refractivity contribution in [2.24, 2.45) is 0 Å². The second-order valence-corrected chi connectivity index (χ2v) is 4.96. The largest absolute Gasteiger partial charge is 0.480 e. The summed E-state index contributed by atoms with van der Waals surface area (Å²) in [6, 6.07) is 5.33. The van der Waals surface area contributed by atoms with Gasteiger partial charge in [-0.1, -0.05) is 12.1 Å². The standard InChI is InChI=1S/C13H12N4O3/c18-17(19)11-3-1-2-9-10-6-15-16(8-4-14-5-8)12(10)7-20-13(9)11/h1-3,6,8,14H,4-5,7H2. The molecule has 7 heteroatoms. The molecule has 102 valence electrons. The van der Waals surface area contributed by atoms with Crippen LogP contribution in [-0.4, -0.2) is 27.8 Å². The zero-order valence-corrected chi connectivity index (χ0v) is 10.6. The molecule has 0 unspecified atom stereocenters. The maximum Gasteiger partial charge on any atom is 0.311 e. The predicted octanol–water partition coefficient (Wildman–Crippen LogP) is 1.49. The second kappa shape index (κ2) is 4.04. The topological polar surface area (TPSA) is 82.2 Å². The molecule has 4 rings (SSSR count). The number of hydrogen-bond donors (Lipinski definition) is 1. The SMILES string of the molecule is O=[N+]([O-])c1cccc2c1OCc1c-2cnn1C1CNC1. The molecule has 2 aliphatic rings. The third-order valence-electron chi connectivity index (χ3n) is 3.84. The monoisotopic (exact) mass is 272 g/mol. The summed E-state index contributed by atoms with van der Waals surface area (Å²) in [5.41, 5.74) is 2.68. The smallest absolute Gasteiger partial charge is 0.311 e. The lowest BCUT2D eigenvalue weighted by Crippen LogP contribution is -2.44. The predicted molar refractivity (Wildman–Crippen MR) is 70.6 cm³/mol. The summed E-state index contributed by atoms with van der Waals surface area (Å²) in [6.07, 6.45) is 1.78. The molecule has 1 saturated heterocycles. The highest BCUT2D eigenvalue weighted by Crippen LogP contribution is 2.43. The van der Waals surface area contributed by atoms with Crippen molar-refractivity contribution in [3.8, 4) is 16.9 Å². The molecular weight excluding hydrogens is 260 g/mol. The first-order chi connectivity index (χ1) is 9.75. The number of aromatic nitrogens is 2. The van der Waals surface area contributed by atoms with Gasteiger partial charge in [-0.05, 0) is 0 Å². The Bertz CT molecular complexity index is 706. The van der Waals surface area contributed by atoms with Gasteiger partial charge < -0.3 is 10.1 Å². The van der Waals surface area contributed by atoms with Crippen LogP contribution in [0.1, 0.15) is 11.7 Å². The Kier molecular flexibility index (Phi) is 2.31. The fourth-order valence-electron chi connectivity index (χ4n) is 2.69. The molecule has 1 aromatic carbocycles. The van der Waals surface area contributed by atoms with Gasteiger partial charge in [0.1, 0.15) is 6.61 Å². The molecule has 0 atom stereocenters. The summed E-state index contributed by atoms with van der Waals surface area (Å²) >= 11 is 0. The van der Waals surface area contributed by atoms with E-state index in [1.54, 1.807) is 12.3 Å². The van der Waals surface area contributed by atoms with Crippen LogP contribution in [0.3, 0.4) is 0 Å². The molecule has 2 aromatic rings. The first-order valence-electron chi connectivity index (χ1n) is 6.43. The van der Waals surface area contributed by atoms with Crippen molar-refractivity contribution in [3.05, 3.63) is 40.2 Å². The first kappa shape index (κ1) is 11.4. The first-order valence-corrected chi connectivity index (χ1v) is 6.43. The van der Waals surface area contributed by atoms with Crippen LogP contribution in [0.2, 0.25) is 0 Å². The Morgan fingerprint density at radius 2 is 2.25 bits per heavy atom. The van der Waals surface area contributed by atoms with E-state index >= 15 is 0 Å². The molecule has 0 saturated carbocycles. The number of nitro groups is 1. The number of para-hydroxylation sites is 1. The molecule has 1 N–H and O–H groups in total. The highest BCUT2D eigenvalue weighted by atomic mass is 16.6. The molecule has 2 aliphatic heterocycles. The molecule has 1 aromatic heterocycles. The van der Waals surface area contributed by atoms with Gasteiger partial charge in [0.05, 0.1) is 22.9 Å². The Morgan fingerprint density at radius 3 is 2.95 bits per heavy atom. The number of rotatable bonds is 2. The minimum atomic E-state index is -0.413. The summed E-state index contributed by atoms with van der Waals surface area (Å²) in [4.78, 5) is 10.6. The zero-order chi connectivity index (χ0) is 13.7. The molecule has 0 bridgehead atoms. The van der Waals surface area contributed by atoms with Crippen LogP contribution in [0.4, 0.5) is 5.69 Å². The summed E-state index contributed by atoms with van der Waals surface area (Å²) in [6.45, 7) is 2.12. The number of hydrogen-bond acceptors (Lipinski definition) is 5. The van der Waals surface area contributed by atoms with Gasteiger partial charge in [0.2, 0.25) is 5.75 Å². The average molecular weight is 272 g/mol. The number of ether oxygens (including phenoxy) is 1. The third-order valence-corrected chi connectivity index (χ3v) is 3.84. The molecule has 1 fully saturated rings. The fraction of sp³-hybridized carbons (Fsp3) is 0.308. The van der Waals surface area contributed by atoms with E-state index < -0.39 is 4.92 Å². The lowest BCUT2D eigenvalue weighted by molar-refractivity contribution is -0.385. The van der Waals surface area contributed by atoms with Gasteiger partial charge in [-0.2, -0.15) is 5.10 Å². The van der Waals surface area contributed by atoms with Gasteiger partial charge >= 0.3 is 5.69 Å². The molecule has 0 spiro atoms. The Hall–Kier alpha value is -2.41. The van der Waals surface area contributed by atoms with Crippen molar-refractivity contribution in [1.29, 1.82) is 0 Å². The Balaban J connectivity index is 1.86. The van der Waals surface area contributed by atoms with Crippen molar-refractivity contribution < 1.29 is 9.66 Å². The van der Waals surface area contributed by atoms with Crippen LogP contribution < -0.4 is 10.1 Å². The number of benzene rings is 1. The lowest BCUT2D eigenvalue weighted by Gasteiger charge is -2.30. The minimum Gasteiger partial charge on any atom is -0.480 e. The molecule has 20 heavy (non-hydrogen) atoms. The highest BCUT2D eigenvalue weighted by Gasteiger charge is 2.31. The molecule has 0 radical (unpaired) electrons. The summed E-state index contributed by atoms with van der Waals surface area (Å²) < 4.78 is 7.60. The van der Waals surface area contributed by atoms with E-state index in [1.165, 1.54) is 6.07 Å². The Labute approximate surface area is 114 Å². The van der Waals surface area contributed by atoms with E-state index in [9.17, 15) is 10.1 Å². The average Bonchev–Trinajstić information content (AvgIpc) is 2.80. The minimum absolute atomic E-state index is 0.00575. The summed E-state index contributed by atoms with van der Waals surface area (Å²) in [5.74, 6) is 0.344. The fourth-order valence-corrected chi connectivity index (χ4v) is 2.69. The van der Waals surface area contributed by atoms with Crippen molar-refractivity contribution >= 4 is 5.69 Å². The van der Waals surface area contributed by atoms with E-state index in [0.717, 1.165) is 29.9 Å². The van der Waals surface area contributed by atoms with E-state index in [4.69, 9.17) is 4.74 Å². The molecule has 7 nitrogen and oxygen atoms in total. The number of fused-ring (bicyclic) bond motifs is 3. The van der Waals surface area contributed by atoms with E-state index in [-0.39, 0.29) is 5.69 Å². The van der Waals surface area contributed by atoms with E-state index in [0.29, 0.717) is 18.4 Å². The highest BCUT2D eigenvalue weighted by molar-refractivity contribution is 5.78. The van der Waals surface area contributed by atoms with Crippen molar-refractivity contribution in [2.75, 3.05) is 13.1 Å². The lowest BCUT2D eigenvalue weighted by atomic mass is 10.0. The van der Waals surface area contributed by atoms with Crippen LogP contribution in [0.15, 0.2) is 24.4 Å². The molecule has 3 heterocycles. The van der Waals surface area contributed by atoms with Gasteiger partial charge in [0.15, 0.2) is 0 Å². The normalized spacial score (nSPS) is 16.8. The van der Waals surface area contributed by atoms with Gasteiger partial charge in [0.25, 0.3) is 0 Å². The summed E-state index contributed by atoms with van der Waals surface area (Å²) in [5, 5.41) is 18.7. The second-order valence-electron chi connectivity index (χ2n) is 4.96. The van der Waals surface area contributed by atoms with Crippen LogP contribution in [0, 0.1) is 10.1 Å². The summed E-state index contributed by atoms with van der Waals surface area (Å²) in [7, 11) is 0. The van der Waals surface area contributed by atoms with Crippen LogP contribution in [0.25, 0.3) is 11.1 Å². The number of nitrogens with one attached hydrogen (secondary N) is 1. The third kappa shape index (κ3) is 1.47. The quantitative estimate of drug-likeness (QED) is 0.661. The van der Waals surface area contributed by atoms with Crippen molar-refractivity contribution in [2.45, 2.75) is 12.6 Å². The van der Waals surface area contributed by atoms with Crippen molar-refractivity contribution in [1.82, 2.24) is 15.1 Å². The van der Waals surface area contributed by atoms with Gasteiger partial charge in [-0.15, -0.1) is 0 Å². The van der Waals surface area contributed by atoms with Crippen LogP contribution in [0.5, 0.6) is 5.75 Å². The molecule has 0 amide bonds. The number of nitro benzene ring substituents is 1. The van der Waals surface area contributed by atoms with E-state index in [1.807, 2.05) is 10.7 Å². The van der Waals surface area contributed by atoms with Crippen LogP contribution in [-0.2, 0) is 6.61 Å². The van der Waals surface area contributed by atoms with Gasteiger partial charge in [-0.25, -0.2) is 0 Å². The van der Waals surface area contributed by atoms with Gasteiger partial charge in [0, 0.05) is 30.3 Å².